The van der Waals surface area contributed by atoms with Crippen molar-refractivity contribution in [3.63, 3.8) is 0 Å². The third-order valence-electron chi connectivity index (χ3n) is 3.88. The predicted molar refractivity (Wildman–Crippen MR) is 117 cm³/mol. The zero-order valence-corrected chi connectivity index (χ0v) is 18.6. The number of hydrogen-bond acceptors (Lipinski definition) is 5. The van der Waals surface area contributed by atoms with Gasteiger partial charge in [-0.2, -0.15) is 0 Å². The van der Waals surface area contributed by atoms with E-state index in [1.807, 2.05) is 55.5 Å². The molecule has 0 aliphatic rings. The molecule has 2 aromatic carbocycles. The molecule has 0 saturated carbocycles. The molecule has 5 nitrogen and oxygen atoms in total. The van der Waals surface area contributed by atoms with Crippen LogP contribution in [0.3, 0.4) is 0 Å². The molecule has 0 aliphatic carbocycles. The SMILES string of the molecule is CCOCCn1c(SCCOc2ccc(Br)cc2)nnc1-c1ccc(Cl)cc1. The first-order valence-corrected chi connectivity index (χ1v) is 11.1. The zero-order valence-electron chi connectivity index (χ0n) is 15.5. The topological polar surface area (TPSA) is 49.2 Å². The van der Waals surface area contributed by atoms with Crippen LogP contribution >= 0.6 is 39.3 Å². The van der Waals surface area contributed by atoms with E-state index in [9.17, 15) is 0 Å². The maximum atomic E-state index is 6.01. The summed E-state index contributed by atoms with van der Waals surface area (Å²) in [4.78, 5) is 0. The Kier molecular flexibility index (Phi) is 8.21. The van der Waals surface area contributed by atoms with E-state index in [1.165, 1.54) is 0 Å². The van der Waals surface area contributed by atoms with Gasteiger partial charge in [0.05, 0.1) is 19.8 Å². The first-order valence-electron chi connectivity index (χ1n) is 8.95. The number of hydrogen-bond donors (Lipinski definition) is 0. The van der Waals surface area contributed by atoms with Crippen molar-refractivity contribution < 1.29 is 9.47 Å². The molecule has 0 spiro atoms. The second-order valence-corrected chi connectivity index (χ2v) is 8.23. The summed E-state index contributed by atoms with van der Waals surface area (Å²) in [5.41, 5.74) is 0.978. The number of nitrogens with zero attached hydrogens (tertiary/aromatic N) is 3. The van der Waals surface area contributed by atoms with Gasteiger partial charge in [-0.25, -0.2) is 0 Å². The Balaban J connectivity index is 1.65. The number of ether oxygens (including phenoxy) is 2. The smallest absolute Gasteiger partial charge is 0.191 e. The summed E-state index contributed by atoms with van der Waals surface area (Å²) in [5, 5.41) is 10.3. The molecule has 0 aliphatic heterocycles. The van der Waals surface area contributed by atoms with Crippen LogP contribution in [0.15, 0.2) is 58.2 Å². The van der Waals surface area contributed by atoms with Gasteiger partial charge in [0, 0.05) is 27.4 Å². The minimum atomic E-state index is 0.584. The lowest BCUT2D eigenvalue weighted by Crippen LogP contribution is -2.09. The number of aromatic nitrogens is 3. The normalized spacial score (nSPS) is 11.0. The van der Waals surface area contributed by atoms with Crippen molar-refractivity contribution in [1.82, 2.24) is 14.8 Å². The summed E-state index contributed by atoms with van der Waals surface area (Å²) in [5.74, 6) is 2.43. The van der Waals surface area contributed by atoms with Crippen LogP contribution < -0.4 is 4.74 Å². The van der Waals surface area contributed by atoms with Crippen LogP contribution in [0.1, 0.15) is 6.92 Å². The van der Waals surface area contributed by atoms with Crippen LogP contribution in [-0.2, 0) is 11.3 Å². The summed E-state index contributed by atoms with van der Waals surface area (Å²) >= 11 is 11.0. The lowest BCUT2D eigenvalue weighted by atomic mass is 10.2. The molecule has 8 heteroatoms. The first-order chi connectivity index (χ1) is 13.7. The van der Waals surface area contributed by atoms with Crippen molar-refractivity contribution in [2.75, 3.05) is 25.6 Å². The van der Waals surface area contributed by atoms with Crippen LogP contribution in [0.5, 0.6) is 5.75 Å². The van der Waals surface area contributed by atoms with Crippen molar-refractivity contribution >= 4 is 39.3 Å². The van der Waals surface area contributed by atoms with Crippen molar-refractivity contribution in [1.29, 1.82) is 0 Å². The van der Waals surface area contributed by atoms with Gasteiger partial charge in [-0.05, 0) is 55.5 Å². The minimum Gasteiger partial charge on any atom is -0.493 e. The van der Waals surface area contributed by atoms with Gasteiger partial charge in [0.25, 0.3) is 0 Å². The van der Waals surface area contributed by atoms with Crippen molar-refractivity contribution in [2.45, 2.75) is 18.6 Å². The number of halogens is 2. The number of rotatable bonds is 10. The molecule has 0 fully saturated rings. The Morgan fingerprint density at radius 3 is 2.50 bits per heavy atom. The predicted octanol–water partition coefficient (Wildman–Crippen LogP) is 5.57. The second kappa shape index (κ2) is 10.9. The van der Waals surface area contributed by atoms with Crippen LogP contribution in [0, 0.1) is 0 Å². The molecule has 0 N–H and O–H groups in total. The Labute approximate surface area is 182 Å². The molecule has 3 aromatic rings. The fraction of sp³-hybridized carbons (Fsp3) is 0.300. The Hall–Kier alpha value is -1.54. The van der Waals surface area contributed by atoms with E-state index in [4.69, 9.17) is 21.1 Å². The van der Waals surface area contributed by atoms with Crippen molar-refractivity contribution in [3.8, 4) is 17.1 Å². The maximum Gasteiger partial charge on any atom is 0.191 e. The molecule has 0 amide bonds. The lowest BCUT2D eigenvalue weighted by Gasteiger charge is -2.11. The third-order valence-corrected chi connectivity index (χ3v) is 5.59. The molecule has 0 radical (unpaired) electrons. The molecule has 0 bridgehead atoms. The van der Waals surface area contributed by atoms with Crippen molar-refractivity contribution in [3.05, 3.63) is 58.0 Å². The minimum absolute atomic E-state index is 0.584. The van der Waals surface area contributed by atoms with E-state index in [0.29, 0.717) is 31.4 Å². The lowest BCUT2D eigenvalue weighted by molar-refractivity contribution is 0.137. The number of benzene rings is 2. The largest absolute Gasteiger partial charge is 0.493 e. The van der Waals surface area contributed by atoms with Crippen LogP contribution in [-0.4, -0.2) is 40.3 Å². The van der Waals surface area contributed by atoms with Crippen LogP contribution in [0.2, 0.25) is 5.02 Å². The highest BCUT2D eigenvalue weighted by Crippen LogP contribution is 2.25. The fourth-order valence-corrected chi connectivity index (χ4v) is 3.70. The summed E-state index contributed by atoms with van der Waals surface area (Å²) in [7, 11) is 0. The van der Waals surface area contributed by atoms with Gasteiger partial charge in [0.1, 0.15) is 5.75 Å². The van der Waals surface area contributed by atoms with Gasteiger partial charge >= 0.3 is 0 Å². The molecule has 1 aromatic heterocycles. The van der Waals surface area contributed by atoms with Gasteiger partial charge in [-0.1, -0.05) is 39.3 Å². The van der Waals surface area contributed by atoms with Crippen LogP contribution in [0.25, 0.3) is 11.4 Å². The Morgan fingerprint density at radius 1 is 1.04 bits per heavy atom. The molecule has 1 heterocycles. The van der Waals surface area contributed by atoms with E-state index in [0.717, 1.165) is 32.5 Å². The average Bonchev–Trinajstić information content (AvgIpc) is 3.10. The van der Waals surface area contributed by atoms with Gasteiger partial charge in [0.2, 0.25) is 0 Å². The van der Waals surface area contributed by atoms with E-state index < -0.39 is 0 Å². The standard InChI is InChI=1S/C20H21BrClN3O2S/c1-2-26-12-11-25-19(15-3-7-17(22)8-4-15)23-24-20(25)28-14-13-27-18-9-5-16(21)6-10-18/h3-10H,2,11-14H2,1H3. The average molecular weight is 483 g/mol. The van der Waals surface area contributed by atoms with E-state index in [2.05, 4.69) is 30.7 Å². The maximum absolute atomic E-state index is 6.01. The summed E-state index contributed by atoms with van der Waals surface area (Å²) < 4.78 is 14.4. The highest BCUT2D eigenvalue weighted by atomic mass is 79.9. The van der Waals surface area contributed by atoms with E-state index >= 15 is 0 Å². The summed E-state index contributed by atoms with van der Waals surface area (Å²) in [6, 6.07) is 15.4. The Morgan fingerprint density at radius 2 is 1.79 bits per heavy atom. The molecule has 3 rings (SSSR count). The quantitative estimate of drug-likeness (QED) is 0.279. The summed E-state index contributed by atoms with van der Waals surface area (Å²) in [6.07, 6.45) is 0. The number of thioether (sulfide) groups is 1. The van der Waals surface area contributed by atoms with Gasteiger partial charge in [-0.15, -0.1) is 10.2 Å². The third kappa shape index (κ3) is 5.98. The van der Waals surface area contributed by atoms with Crippen molar-refractivity contribution in [2.24, 2.45) is 0 Å². The molecular weight excluding hydrogens is 462 g/mol. The molecular formula is C20H21BrClN3O2S. The van der Waals surface area contributed by atoms with Crippen LogP contribution in [0.4, 0.5) is 0 Å². The first kappa shape index (κ1) is 21.2. The highest BCUT2D eigenvalue weighted by Gasteiger charge is 2.14. The molecule has 0 atom stereocenters. The Bertz CT molecular complexity index is 872. The molecule has 0 unspecified atom stereocenters. The fourth-order valence-electron chi connectivity index (χ4n) is 2.53. The molecule has 148 valence electrons. The van der Waals surface area contributed by atoms with Gasteiger partial charge in [-0.3, -0.25) is 4.57 Å². The monoisotopic (exact) mass is 481 g/mol. The van der Waals surface area contributed by atoms with E-state index in [1.54, 1.807) is 11.8 Å². The van der Waals surface area contributed by atoms with E-state index in [-0.39, 0.29) is 0 Å². The van der Waals surface area contributed by atoms with Gasteiger partial charge in [0.15, 0.2) is 11.0 Å². The molecule has 28 heavy (non-hydrogen) atoms. The second-order valence-electron chi connectivity index (χ2n) is 5.81. The zero-order chi connectivity index (χ0) is 19.8. The molecule has 0 saturated heterocycles. The highest BCUT2D eigenvalue weighted by molar-refractivity contribution is 9.10. The van der Waals surface area contributed by atoms with Gasteiger partial charge < -0.3 is 9.47 Å². The summed E-state index contributed by atoms with van der Waals surface area (Å²) in [6.45, 7) is 4.55.